The van der Waals surface area contributed by atoms with Crippen LogP contribution in [0.25, 0.3) is 10.9 Å². The van der Waals surface area contributed by atoms with Crippen molar-refractivity contribution in [3.63, 3.8) is 0 Å². The first-order valence-electron chi connectivity index (χ1n) is 9.42. The number of nitrogens with one attached hydrogen (secondary N) is 2. The van der Waals surface area contributed by atoms with Crippen LogP contribution in [0.5, 0.6) is 0 Å². The number of likely N-dealkylation sites (tertiary alicyclic amines) is 1. The van der Waals surface area contributed by atoms with E-state index in [0.717, 1.165) is 19.5 Å². The SMILES string of the molecule is O=C1CC(CNC2CCCc3c2[nH]c2ccccc32)CN1C1CC1. The van der Waals surface area contributed by atoms with Crippen molar-refractivity contribution in [1.82, 2.24) is 15.2 Å². The first-order valence-corrected chi connectivity index (χ1v) is 9.42. The summed E-state index contributed by atoms with van der Waals surface area (Å²) in [6.07, 6.45) is 6.77. The lowest BCUT2D eigenvalue weighted by Crippen LogP contribution is -2.32. The van der Waals surface area contributed by atoms with Crippen LogP contribution in [0, 0.1) is 5.92 Å². The molecule has 2 aliphatic carbocycles. The third kappa shape index (κ3) is 2.44. The van der Waals surface area contributed by atoms with Gasteiger partial charge >= 0.3 is 0 Å². The van der Waals surface area contributed by atoms with Crippen LogP contribution in [0.4, 0.5) is 0 Å². The molecule has 1 aliphatic heterocycles. The van der Waals surface area contributed by atoms with Crippen molar-refractivity contribution >= 4 is 16.8 Å². The number of carbonyl (C=O) groups is 1. The Kier molecular flexibility index (Phi) is 3.40. The number of fused-ring (bicyclic) bond motifs is 3. The highest BCUT2D eigenvalue weighted by atomic mass is 16.2. The van der Waals surface area contributed by atoms with Gasteiger partial charge in [-0.2, -0.15) is 0 Å². The molecule has 1 aromatic heterocycles. The number of aryl methyl sites for hydroxylation is 1. The largest absolute Gasteiger partial charge is 0.357 e. The summed E-state index contributed by atoms with van der Waals surface area (Å²) in [5.41, 5.74) is 4.13. The van der Waals surface area contributed by atoms with E-state index in [9.17, 15) is 4.79 Å². The van der Waals surface area contributed by atoms with Crippen LogP contribution in [0.3, 0.4) is 0 Å². The monoisotopic (exact) mass is 323 g/mol. The van der Waals surface area contributed by atoms with Gasteiger partial charge in [-0.15, -0.1) is 0 Å². The number of aromatic amines is 1. The lowest BCUT2D eigenvalue weighted by atomic mass is 9.91. The molecular formula is C20H25N3O. The molecule has 0 spiro atoms. The molecule has 4 nitrogen and oxygen atoms in total. The van der Waals surface area contributed by atoms with Crippen LogP contribution in [0.15, 0.2) is 24.3 Å². The van der Waals surface area contributed by atoms with Gasteiger partial charge in [0.2, 0.25) is 5.91 Å². The van der Waals surface area contributed by atoms with Gasteiger partial charge in [0.05, 0.1) is 0 Å². The number of hydrogen-bond acceptors (Lipinski definition) is 2. The van der Waals surface area contributed by atoms with E-state index in [4.69, 9.17) is 0 Å². The van der Waals surface area contributed by atoms with Gasteiger partial charge in [-0.25, -0.2) is 0 Å². The van der Waals surface area contributed by atoms with Gasteiger partial charge in [0.25, 0.3) is 0 Å². The standard InChI is InChI=1S/C20H25N3O/c24-19-10-13(12-23(19)14-8-9-14)11-21-18-7-3-5-16-15-4-1-2-6-17(15)22-20(16)18/h1-2,4,6,13-14,18,21-22H,3,5,7-12H2. The Morgan fingerprint density at radius 3 is 2.96 bits per heavy atom. The first kappa shape index (κ1) is 14.5. The molecule has 4 heteroatoms. The van der Waals surface area contributed by atoms with Crippen molar-refractivity contribution in [1.29, 1.82) is 0 Å². The van der Waals surface area contributed by atoms with Crippen molar-refractivity contribution < 1.29 is 4.79 Å². The fourth-order valence-electron chi connectivity index (χ4n) is 4.61. The van der Waals surface area contributed by atoms with Crippen LogP contribution in [-0.4, -0.2) is 34.9 Å². The first-order chi connectivity index (χ1) is 11.8. The maximum atomic E-state index is 12.1. The van der Waals surface area contributed by atoms with E-state index in [1.807, 2.05) is 0 Å². The second-order valence-corrected chi connectivity index (χ2v) is 7.76. The number of amides is 1. The third-order valence-corrected chi connectivity index (χ3v) is 5.99. The number of rotatable bonds is 4. The van der Waals surface area contributed by atoms with Gasteiger partial charge in [0, 0.05) is 48.2 Å². The molecule has 2 unspecified atom stereocenters. The van der Waals surface area contributed by atoms with Crippen LogP contribution in [-0.2, 0) is 11.2 Å². The molecule has 2 N–H and O–H groups in total. The van der Waals surface area contributed by atoms with E-state index in [1.54, 1.807) is 0 Å². The van der Waals surface area contributed by atoms with E-state index in [0.29, 0.717) is 23.9 Å². The van der Waals surface area contributed by atoms with Gasteiger partial charge in [0.1, 0.15) is 0 Å². The number of carbonyl (C=O) groups excluding carboxylic acids is 1. The number of H-pyrrole nitrogens is 1. The molecule has 0 radical (unpaired) electrons. The summed E-state index contributed by atoms with van der Waals surface area (Å²) < 4.78 is 0. The molecule has 2 fully saturated rings. The summed E-state index contributed by atoms with van der Waals surface area (Å²) in [5, 5.41) is 5.16. The molecule has 126 valence electrons. The van der Waals surface area contributed by atoms with Crippen molar-refractivity contribution in [2.75, 3.05) is 13.1 Å². The smallest absolute Gasteiger partial charge is 0.223 e. The predicted molar refractivity (Wildman–Crippen MR) is 94.8 cm³/mol. The summed E-state index contributed by atoms with van der Waals surface area (Å²) in [5.74, 6) is 0.854. The molecule has 1 saturated carbocycles. The number of hydrogen-bond donors (Lipinski definition) is 2. The molecule has 2 aromatic rings. The summed E-state index contributed by atoms with van der Waals surface area (Å²) in [4.78, 5) is 17.9. The molecule has 1 amide bonds. The van der Waals surface area contributed by atoms with E-state index < -0.39 is 0 Å². The second kappa shape index (κ2) is 5.62. The molecular weight excluding hydrogens is 298 g/mol. The Hall–Kier alpha value is -1.81. The highest BCUT2D eigenvalue weighted by Gasteiger charge is 2.39. The maximum Gasteiger partial charge on any atom is 0.223 e. The van der Waals surface area contributed by atoms with Crippen molar-refractivity contribution in [3.8, 4) is 0 Å². The van der Waals surface area contributed by atoms with Crippen LogP contribution < -0.4 is 5.32 Å². The van der Waals surface area contributed by atoms with Gasteiger partial charge in [-0.3, -0.25) is 4.79 Å². The van der Waals surface area contributed by atoms with Gasteiger partial charge in [0.15, 0.2) is 0 Å². The van der Waals surface area contributed by atoms with Gasteiger partial charge in [-0.05, 0) is 49.7 Å². The zero-order valence-electron chi connectivity index (χ0n) is 14.1. The highest BCUT2D eigenvalue weighted by Crippen LogP contribution is 2.36. The Morgan fingerprint density at radius 2 is 2.08 bits per heavy atom. The average Bonchev–Trinajstić information content (AvgIpc) is 3.27. The van der Waals surface area contributed by atoms with Crippen molar-refractivity contribution in [2.45, 2.75) is 50.6 Å². The molecule has 5 rings (SSSR count). The minimum Gasteiger partial charge on any atom is -0.357 e. The molecule has 2 atom stereocenters. The van der Waals surface area contributed by atoms with E-state index in [2.05, 4.69) is 39.5 Å². The van der Waals surface area contributed by atoms with Gasteiger partial charge < -0.3 is 15.2 Å². The van der Waals surface area contributed by atoms with E-state index in [1.165, 1.54) is 54.3 Å². The lowest BCUT2D eigenvalue weighted by molar-refractivity contribution is -0.128. The molecule has 0 bridgehead atoms. The fourth-order valence-corrected chi connectivity index (χ4v) is 4.61. The van der Waals surface area contributed by atoms with Crippen LogP contribution in [0.1, 0.15) is 49.4 Å². The third-order valence-electron chi connectivity index (χ3n) is 5.99. The normalized spacial score (nSPS) is 27.0. The summed E-state index contributed by atoms with van der Waals surface area (Å²) in [7, 11) is 0. The van der Waals surface area contributed by atoms with Crippen LogP contribution >= 0.6 is 0 Å². The summed E-state index contributed by atoms with van der Waals surface area (Å²) in [6.45, 7) is 1.91. The summed E-state index contributed by atoms with van der Waals surface area (Å²) in [6, 6.07) is 9.61. The van der Waals surface area contributed by atoms with Gasteiger partial charge in [-0.1, -0.05) is 18.2 Å². The number of nitrogens with zero attached hydrogens (tertiary/aromatic N) is 1. The Labute approximate surface area is 142 Å². The van der Waals surface area contributed by atoms with Crippen molar-refractivity contribution in [2.24, 2.45) is 5.92 Å². The van der Waals surface area contributed by atoms with Crippen molar-refractivity contribution in [3.05, 3.63) is 35.5 Å². The zero-order chi connectivity index (χ0) is 16.1. The van der Waals surface area contributed by atoms with E-state index >= 15 is 0 Å². The maximum absolute atomic E-state index is 12.1. The topological polar surface area (TPSA) is 48.1 Å². The quantitative estimate of drug-likeness (QED) is 0.908. The molecule has 1 saturated heterocycles. The predicted octanol–water partition coefficient (Wildman–Crippen LogP) is 3.15. The highest BCUT2D eigenvalue weighted by molar-refractivity contribution is 5.85. The lowest BCUT2D eigenvalue weighted by Gasteiger charge is -2.25. The minimum absolute atomic E-state index is 0.374. The average molecular weight is 323 g/mol. The number of para-hydroxylation sites is 1. The fraction of sp³-hybridized carbons (Fsp3) is 0.550. The summed E-state index contributed by atoms with van der Waals surface area (Å²) >= 11 is 0. The minimum atomic E-state index is 0.374. The van der Waals surface area contributed by atoms with Crippen LogP contribution in [0.2, 0.25) is 0 Å². The van der Waals surface area contributed by atoms with E-state index in [-0.39, 0.29) is 0 Å². The Bertz CT molecular complexity index is 776. The molecule has 3 aliphatic rings. The Balaban J connectivity index is 1.30. The zero-order valence-corrected chi connectivity index (χ0v) is 14.1. The number of benzene rings is 1. The number of aromatic nitrogens is 1. The second-order valence-electron chi connectivity index (χ2n) is 7.76. The molecule has 1 aromatic carbocycles. The molecule has 2 heterocycles. The molecule has 24 heavy (non-hydrogen) atoms. The Morgan fingerprint density at radius 1 is 1.21 bits per heavy atom.